The number of rotatable bonds is 6. The number of ether oxygens (including phenoxy) is 3. The van der Waals surface area contributed by atoms with Crippen molar-refractivity contribution in [2.24, 2.45) is 0 Å². The van der Waals surface area contributed by atoms with Gasteiger partial charge in [-0.3, -0.25) is 4.79 Å². The quantitative estimate of drug-likeness (QED) is 0.882. The van der Waals surface area contributed by atoms with Crippen molar-refractivity contribution in [2.45, 2.75) is 13.0 Å². The van der Waals surface area contributed by atoms with Gasteiger partial charge < -0.3 is 19.5 Å². The molecule has 2 aromatic carbocycles. The summed E-state index contributed by atoms with van der Waals surface area (Å²) in [5.74, 6) is 1.21. The average Bonchev–Trinajstić information content (AvgIpc) is 2.61. The Morgan fingerprint density at radius 2 is 1.67 bits per heavy atom. The summed E-state index contributed by atoms with van der Waals surface area (Å²) in [6.45, 7) is 1.62. The summed E-state index contributed by atoms with van der Waals surface area (Å²) >= 11 is 0. The van der Waals surface area contributed by atoms with Crippen LogP contribution in [0.3, 0.4) is 0 Å². The minimum atomic E-state index is -0.770. The third kappa shape index (κ3) is 4.17. The van der Waals surface area contributed by atoms with Crippen molar-refractivity contribution < 1.29 is 19.0 Å². The number of nitrogens with zero attached hydrogens (tertiary/aromatic N) is 1. The van der Waals surface area contributed by atoms with E-state index in [1.54, 1.807) is 49.4 Å². The normalized spacial score (nSPS) is 11.1. The van der Waals surface area contributed by atoms with Gasteiger partial charge in [-0.15, -0.1) is 0 Å². The molecule has 0 aliphatic rings. The van der Waals surface area contributed by atoms with Gasteiger partial charge in [-0.05, 0) is 19.1 Å². The summed E-state index contributed by atoms with van der Waals surface area (Å²) in [6, 6.07) is 13.8. The van der Waals surface area contributed by atoms with Gasteiger partial charge in [0.15, 0.2) is 6.10 Å². The lowest BCUT2D eigenvalue weighted by Crippen LogP contribution is -2.30. The number of para-hydroxylation sites is 1. The smallest absolute Gasteiger partial charge is 0.265 e. The number of methoxy groups -OCH3 is 2. The summed E-state index contributed by atoms with van der Waals surface area (Å²) < 4.78 is 16.0. The molecule has 124 valence electrons. The van der Waals surface area contributed by atoms with Crippen LogP contribution in [0.15, 0.2) is 42.5 Å². The first kappa shape index (κ1) is 17.2. The molecule has 0 bridgehead atoms. The van der Waals surface area contributed by atoms with Gasteiger partial charge in [0.05, 0.1) is 25.5 Å². The summed E-state index contributed by atoms with van der Waals surface area (Å²) in [5.41, 5.74) is 0.838. The molecule has 0 saturated carbocycles. The predicted molar refractivity (Wildman–Crippen MR) is 89.4 cm³/mol. The Hall–Kier alpha value is -3.20. The summed E-state index contributed by atoms with van der Waals surface area (Å²) in [6.07, 6.45) is -0.770. The lowest BCUT2D eigenvalue weighted by atomic mass is 10.2. The van der Waals surface area contributed by atoms with E-state index in [2.05, 4.69) is 5.32 Å². The maximum absolute atomic E-state index is 12.3. The minimum Gasteiger partial charge on any atom is -0.496 e. The van der Waals surface area contributed by atoms with Crippen LogP contribution in [0.1, 0.15) is 12.5 Å². The number of nitriles is 1. The molecule has 0 saturated heterocycles. The van der Waals surface area contributed by atoms with E-state index in [0.717, 1.165) is 0 Å². The highest BCUT2D eigenvalue weighted by molar-refractivity contribution is 5.95. The number of benzene rings is 2. The summed E-state index contributed by atoms with van der Waals surface area (Å²) in [5, 5.41) is 11.7. The number of amides is 1. The van der Waals surface area contributed by atoms with E-state index in [1.807, 2.05) is 6.07 Å². The number of hydrogen-bond donors (Lipinski definition) is 1. The molecule has 0 unspecified atom stereocenters. The highest BCUT2D eigenvalue weighted by Gasteiger charge is 2.17. The van der Waals surface area contributed by atoms with Crippen LogP contribution in [0.25, 0.3) is 0 Å². The maximum atomic E-state index is 12.3. The molecular weight excluding hydrogens is 308 g/mol. The van der Waals surface area contributed by atoms with Gasteiger partial charge in [0.25, 0.3) is 5.91 Å². The van der Waals surface area contributed by atoms with E-state index in [9.17, 15) is 4.79 Å². The SMILES string of the molecule is COc1cc(OC)cc(O[C@@H](C)C(=O)Nc2ccccc2C#N)c1. The van der Waals surface area contributed by atoms with Crippen LogP contribution < -0.4 is 19.5 Å². The van der Waals surface area contributed by atoms with E-state index in [0.29, 0.717) is 28.5 Å². The topological polar surface area (TPSA) is 80.6 Å². The molecule has 6 heteroatoms. The van der Waals surface area contributed by atoms with E-state index in [4.69, 9.17) is 19.5 Å². The van der Waals surface area contributed by atoms with E-state index in [-0.39, 0.29) is 5.91 Å². The number of hydrogen-bond acceptors (Lipinski definition) is 5. The van der Waals surface area contributed by atoms with Gasteiger partial charge in [0.1, 0.15) is 23.3 Å². The van der Waals surface area contributed by atoms with Crippen LogP contribution in [0, 0.1) is 11.3 Å². The highest BCUT2D eigenvalue weighted by Crippen LogP contribution is 2.28. The van der Waals surface area contributed by atoms with Crippen LogP contribution >= 0.6 is 0 Å². The van der Waals surface area contributed by atoms with Crippen molar-refractivity contribution in [2.75, 3.05) is 19.5 Å². The number of carbonyl (C=O) groups is 1. The monoisotopic (exact) mass is 326 g/mol. The molecule has 0 aliphatic heterocycles. The molecule has 2 rings (SSSR count). The number of nitrogens with one attached hydrogen (secondary N) is 1. The molecule has 0 aliphatic carbocycles. The van der Waals surface area contributed by atoms with E-state index in [1.165, 1.54) is 14.2 Å². The van der Waals surface area contributed by atoms with Crippen LogP contribution in [0.4, 0.5) is 5.69 Å². The Morgan fingerprint density at radius 3 is 2.25 bits per heavy atom. The summed E-state index contributed by atoms with van der Waals surface area (Å²) in [4.78, 5) is 12.3. The predicted octanol–water partition coefficient (Wildman–Crippen LogP) is 2.98. The van der Waals surface area contributed by atoms with Gasteiger partial charge in [-0.2, -0.15) is 5.26 Å². The molecule has 1 N–H and O–H groups in total. The Morgan fingerprint density at radius 1 is 1.08 bits per heavy atom. The number of carbonyl (C=O) groups excluding carboxylic acids is 1. The fourth-order valence-electron chi connectivity index (χ4n) is 2.03. The first-order valence-corrected chi connectivity index (χ1v) is 7.27. The zero-order valence-corrected chi connectivity index (χ0v) is 13.7. The molecule has 0 aromatic heterocycles. The van der Waals surface area contributed by atoms with Crippen molar-refractivity contribution >= 4 is 11.6 Å². The van der Waals surface area contributed by atoms with Crippen molar-refractivity contribution in [3.63, 3.8) is 0 Å². The molecular formula is C18H18N2O4. The second-order valence-corrected chi connectivity index (χ2v) is 4.96. The average molecular weight is 326 g/mol. The fraction of sp³-hybridized carbons (Fsp3) is 0.222. The van der Waals surface area contributed by atoms with E-state index < -0.39 is 6.10 Å². The Labute approximate surface area is 140 Å². The van der Waals surface area contributed by atoms with Gasteiger partial charge in [-0.1, -0.05) is 12.1 Å². The van der Waals surface area contributed by atoms with Crippen LogP contribution in [0.2, 0.25) is 0 Å². The van der Waals surface area contributed by atoms with E-state index >= 15 is 0 Å². The molecule has 1 amide bonds. The van der Waals surface area contributed by atoms with Crippen molar-refractivity contribution in [3.8, 4) is 23.3 Å². The highest BCUT2D eigenvalue weighted by atomic mass is 16.5. The molecule has 0 heterocycles. The third-order valence-electron chi connectivity index (χ3n) is 3.31. The molecule has 24 heavy (non-hydrogen) atoms. The van der Waals surface area contributed by atoms with Crippen molar-refractivity contribution in [1.29, 1.82) is 5.26 Å². The molecule has 1 atom stereocenters. The summed E-state index contributed by atoms with van der Waals surface area (Å²) in [7, 11) is 3.07. The first-order chi connectivity index (χ1) is 11.6. The molecule has 0 fully saturated rings. The van der Waals surface area contributed by atoms with Crippen molar-refractivity contribution in [3.05, 3.63) is 48.0 Å². The molecule has 2 aromatic rings. The maximum Gasteiger partial charge on any atom is 0.265 e. The van der Waals surface area contributed by atoms with Gasteiger partial charge in [0.2, 0.25) is 0 Å². The zero-order chi connectivity index (χ0) is 17.5. The Kier molecular flexibility index (Phi) is 5.63. The van der Waals surface area contributed by atoms with Crippen LogP contribution in [0.5, 0.6) is 17.2 Å². The van der Waals surface area contributed by atoms with Gasteiger partial charge >= 0.3 is 0 Å². The largest absolute Gasteiger partial charge is 0.496 e. The molecule has 0 radical (unpaired) electrons. The van der Waals surface area contributed by atoms with Crippen LogP contribution in [-0.2, 0) is 4.79 Å². The molecule has 0 spiro atoms. The fourth-order valence-corrected chi connectivity index (χ4v) is 2.03. The van der Waals surface area contributed by atoms with Gasteiger partial charge in [0, 0.05) is 18.2 Å². The lowest BCUT2D eigenvalue weighted by molar-refractivity contribution is -0.122. The second kappa shape index (κ2) is 7.88. The third-order valence-corrected chi connectivity index (χ3v) is 3.31. The first-order valence-electron chi connectivity index (χ1n) is 7.27. The van der Waals surface area contributed by atoms with Gasteiger partial charge in [-0.25, -0.2) is 0 Å². The minimum absolute atomic E-state index is 0.362. The second-order valence-electron chi connectivity index (χ2n) is 4.96. The Balaban J connectivity index is 2.10. The molecule has 6 nitrogen and oxygen atoms in total. The van der Waals surface area contributed by atoms with Crippen LogP contribution in [-0.4, -0.2) is 26.2 Å². The Bertz CT molecular complexity index is 746. The zero-order valence-electron chi connectivity index (χ0n) is 13.7. The number of anilines is 1. The lowest BCUT2D eigenvalue weighted by Gasteiger charge is -2.16. The standard InChI is InChI=1S/C18H18N2O4/c1-12(18(21)20-17-7-5-4-6-13(17)11-19)24-16-9-14(22-2)8-15(10-16)23-3/h4-10,12H,1-3H3,(H,20,21)/t12-/m0/s1. The van der Waals surface area contributed by atoms with Crippen molar-refractivity contribution in [1.82, 2.24) is 0 Å².